The molecule has 0 amide bonds. The molecule has 1 heteroatoms. The molecule has 1 nitrogen and oxygen atoms in total. The summed E-state index contributed by atoms with van der Waals surface area (Å²) in [5.74, 6) is 0. The number of allylic oxidation sites excluding steroid dienone is 5. The van der Waals surface area contributed by atoms with Gasteiger partial charge in [-0.15, -0.1) is 0 Å². The van der Waals surface area contributed by atoms with Gasteiger partial charge in [-0.05, 0) is 41.7 Å². The van der Waals surface area contributed by atoms with Crippen LogP contribution in [0.5, 0.6) is 0 Å². The Kier molecular flexibility index (Phi) is 2.91. The lowest BCUT2D eigenvalue weighted by atomic mass is 9.93. The number of fused-ring (bicyclic) bond motifs is 3. The summed E-state index contributed by atoms with van der Waals surface area (Å²) in [5.41, 5.74) is 6.53. The monoisotopic (exact) mass is 261 g/mol. The molecule has 1 fully saturated rings. The van der Waals surface area contributed by atoms with Crippen LogP contribution in [0.25, 0.3) is 11.6 Å². The SMILES string of the molecule is C1=CC(=NC2CCCCC2)C2=Cc3ccccc3C2=C1. The Morgan fingerprint density at radius 2 is 1.80 bits per heavy atom. The quantitative estimate of drug-likeness (QED) is 0.688. The minimum Gasteiger partial charge on any atom is -0.281 e. The number of hydrogen-bond acceptors (Lipinski definition) is 1. The first kappa shape index (κ1) is 11.9. The molecule has 0 unspecified atom stereocenters. The summed E-state index contributed by atoms with van der Waals surface area (Å²) in [5, 5.41) is 0. The average molecular weight is 261 g/mol. The fourth-order valence-electron chi connectivity index (χ4n) is 3.48. The molecule has 20 heavy (non-hydrogen) atoms. The van der Waals surface area contributed by atoms with Crippen molar-refractivity contribution in [3.63, 3.8) is 0 Å². The highest BCUT2D eigenvalue weighted by Gasteiger charge is 2.23. The van der Waals surface area contributed by atoms with E-state index in [4.69, 9.17) is 4.99 Å². The number of nitrogens with zero attached hydrogens (tertiary/aromatic N) is 1. The molecule has 4 rings (SSSR count). The highest BCUT2D eigenvalue weighted by Crippen LogP contribution is 2.38. The molecule has 0 saturated heterocycles. The Morgan fingerprint density at radius 3 is 2.70 bits per heavy atom. The zero-order chi connectivity index (χ0) is 13.4. The molecular formula is C19H19N. The van der Waals surface area contributed by atoms with E-state index in [-0.39, 0.29) is 0 Å². The third kappa shape index (κ3) is 1.98. The van der Waals surface area contributed by atoms with Crippen molar-refractivity contribution in [1.29, 1.82) is 0 Å². The van der Waals surface area contributed by atoms with Gasteiger partial charge in [0.2, 0.25) is 0 Å². The van der Waals surface area contributed by atoms with Gasteiger partial charge in [-0.1, -0.05) is 55.7 Å². The largest absolute Gasteiger partial charge is 0.281 e. The molecule has 0 spiro atoms. The summed E-state index contributed by atoms with van der Waals surface area (Å²) in [6, 6.07) is 9.17. The number of benzene rings is 1. The second-order valence-corrected chi connectivity index (χ2v) is 5.89. The van der Waals surface area contributed by atoms with Crippen molar-refractivity contribution >= 4 is 17.4 Å². The van der Waals surface area contributed by atoms with Crippen molar-refractivity contribution in [3.05, 3.63) is 59.2 Å². The molecule has 0 aromatic heterocycles. The molecule has 0 heterocycles. The Hall–Kier alpha value is -1.89. The molecular weight excluding hydrogens is 242 g/mol. The van der Waals surface area contributed by atoms with Crippen molar-refractivity contribution in [2.24, 2.45) is 4.99 Å². The minimum atomic E-state index is 0.535. The van der Waals surface area contributed by atoms with Gasteiger partial charge in [0.15, 0.2) is 0 Å². The van der Waals surface area contributed by atoms with Gasteiger partial charge in [-0.3, -0.25) is 4.99 Å². The van der Waals surface area contributed by atoms with Crippen LogP contribution < -0.4 is 0 Å². The predicted octanol–water partition coefficient (Wildman–Crippen LogP) is 4.81. The highest BCUT2D eigenvalue weighted by atomic mass is 14.8. The molecule has 0 atom stereocenters. The fraction of sp³-hybridized carbons (Fsp3) is 0.316. The van der Waals surface area contributed by atoms with Crippen molar-refractivity contribution in [3.8, 4) is 0 Å². The van der Waals surface area contributed by atoms with Gasteiger partial charge in [0.25, 0.3) is 0 Å². The number of hydrogen-bond donors (Lipinski definition) is 0. The third-order valence-corrected chi connectivity index (χ3v) is 4.53. The first-order valence-corrected chi connectivity index (χ1v) is 7.70. The molecule has 1 aromatic rings. The van der Waals surface area contributed by atoms with Gasteiger partial charge < -0.3 is 0 Å². The van der Waals surface area contributed by atoms with Gasteiger partial charge in [0, 0.05) is 5.57 Å². The summed E-state index contributed by atoms with van der Waals surface area (Å²) in [7, 11) is 0. The van der Waals surface area contributed by atoms with Crippen LogP contribution in [0.3, 0.4) is 0 Å². The Bertz CT molecular complexity index is 652. The highest BCUT2D eigenvalue weighted by molar-refractivity contribution is 6.26. The molecule has 3 aliphatic rings. The fourth-order valence-corrected chi connectivity index (χ4v) is 3.48. The van der Waals surface area contributed by atoms with Gasteiger partial charge in [-0.25, -0.2) is 0 Å². The van der Waals surface area contributed by atoms with Crippen molar-refractivity contribution < 1.29 is 0 Å². The molecule has 1 aromatic carbocycles. The molecule has 1 saturated carbocycles. The van der Waals surface area contributed by atoms with Crippen LogP contribution in [-0.4, -0.2) is 11.8 Å². The number of aliphatic imine (C=N–C) groups is 1. The Labute approximate surface area is 120 Å². The van der Waals surface area contributed by atoms with Crippen LogP contribution in [0.1, 0.15) is 43.2 Å². The van der Waals surface area contributed by atoms with E-state index in [2.05, 4.69) is 48.6 Å². The van der Waals surface area contributed by atoms with Crippen molar-refractivity contribution in [1.82, 2.24) is 0 Å². The van der Waals surface area contributed by atoms with Crippen LogP contribution in [0.2, 0.25) is 0 Å². The van der Waals surface area contributed by atoms with Gasteiger partial charge in [0.1, 0.15) is 0 Å². The lowest BCUT2D eigenvalue weighted by molar-refractivity contribution is 0.444. The summed E-state index contributed by atoms with van der Waals surface area (Å²) in [4.78, 5) is 5.04. The average Bonchev–Trinajstić information content (AvgIpc) is 2.88. The second-order valence-electron chi connectivity index (χ2n) is 5.89. The van der Waals surface area contributed by atoms with Crippen LogP contribution in [0, 0.1) is 0 Å². The maximum Gasteiger partial charge on any atom is 0.0656 e. The first-order valence-electron chi connectivity index (χ1n) is 7.70. The van der Waals surface area contributed by atoms with E-state index in [9.17, 15) is 0 Å². The zero-order valence-electron chi connectivity index (χ0n) is 11.7. The van der Waals surface area contributed by atoms with Crippen molar-refractivity contribution in [2.45, 2.75) is 38.1 Å². The molecule has 0 aliphatic heterocycles. The summed E-state index contributed by atoms with van der Waals surface area (Å²) in [6.45, 7) is 0. The van der Waals surface area contributed by atoms with E-state index >= 15 is 0 Å². The number of rotatable bonds is 1. The molecule has 0 radical (unpaired) electrons. The lowest BCUT2D eigenvalue weighted by Gasteiger charge is -2.20. The summed E-state index contributed by atoms with van der Waals surface area (Å²) >= 11 is 0. The maximum absolute atomic E-state index is 5.04. The van der Waals surface area contributed by atoms with E-state index in [1.807, 2.05) is 0 Å². The van der Waals surface area contributed by atoms with E-state index in [0.717, 1.165) is 0 Å². The first-order chi connectivity index (χ1) is 9.92. The van der Waals surface area contributed by atoms with Gasteiger partial charge >= 0.3 is 0 Å². The van der Waals surface area contributed by atoms with E-state index in [1.54, 1.807) is 0 Å². The van der Waals surface area contributed by atoms with Crippen molar-refractivity contribution in [2.75, 3.05) is 0 Å². The van der Waals surface area contributed by atoms with Crippen LogP contribution in [0.4, 0.5) is 0 Å². The topological polar surface area (TPSA) is 12.4 Å². The van der Waals surface area contributed by atoms with Crippen LogP contribution in [-0.2, 0) is 0 Å². The maximum atomic E-state index is 5.04. The molecule has 0 N–H and O–H groups in total. The Balaban J connectivity index is 1.70. The normalized spacial score (nSPS) is 23.3. The predicted molar refractivity (Wildman–Crippen MR) is 85.8 cm³/mol. The smallest absolute Gasteiger partial charge is 0.0656 e. The van der Waals surface area contributed by atoms with E-state index in [1.165, 1.54) is 60.1 Å². The second kappa shape index (κ2) is 4.90. The molecule has 0 bridgehead atoms. The summed E-state index contributed by atoms with van der Waals surface area (Å²) < 4.78 is 0. The summed E-state index contributed by atoms with van der Waals surface area (Å²) in [6.07, 6.45) is 15.4. The van der Waals surface area contributed by atoms with E-state index in [0.29, 0.717) is 6.04 Å². The third-order valence-electron chi connectivity index (χ3n) is 4.53. The van der Waals surface area contributed by atoms with Crippen LogP contribution >= 0.6 is 0 Å². The molecule has 100 valence electrons. The van der Waals surface area contributed by atoms with Gasteiger partial charge in [0.05, 0.1) is 11.8 Å². The lowest BCUT2D eigenvalue weighted by Crippen LogP contribution is -2.14. The molecule has 3 aliphatic carbocycles. The standard InChI is InChI=1S/C19H19N/c1-2-8-15(9-3-1)20-19-12-6-11-17-16-10-5-4-7-14(16)13-18(17)19/h4-7,10-13,15H,1-3,8-9H2. The Morgan fingerprint density at radius 1 is 0.950 bits per heavy atom. The minimum absolute atomic E-state index is 0.535. The van der Waals surface area contributed by atoms with E-state index < -0.39 is 0 Å². The van der Waals surface area contributed by atoms with Crippen LogP contribution in [0.15, 0.2) is 53.1 Å². The van der Waals surface area contributed by atoms with Gasteiger partial charge in [-0.2, -0.15) is 0 Å². The zero-order valence-corrected chi connectivity index (χ0v) is 11.7.